The lowest BCUT2D eigenvalue weighted by Gasteiger charge is -2.38. The maximum Gasteiger partial charge on any atom is 0.337 e. The second-order valence-electron chi connectivity index (χ2n) is 7.85. The normalized spacial score (nSPS) is 15.3. The third-order valence-corrected chi connectivity index (χ3v) is 6.06. The third kappa shape index (κ3) is 5.02. The summed E-state index contributed by atoms with van der Waals surface area (Å²) >= 11 is 5.72. The maximum absolute atomic E-state index is 13.6. The number of ether oxygens (including phenoxy) is 2. The molecule has 0 fully saturated rings. The van der Waals surface area contributed by atoms with Crippen molar-refractivity contribution in [1.82, 2.24) is 5.32 Å². The van der Waals surface area contributed by atoms with Crippen molar-refractivity contribution in [2.75, 3.05) is 24.4 Å². The van der Waals surface area contributed by atoms with Crippen LogP contribution in [0.3, 0.4) is 0 Å². The molecule has 1 atom stereocenters. The smallest absolute Gasteiger partial charge is 0.337 e. The summed E-state index contributed by atoms with van der Waals surface area (Å²) in [5.41, 5.74) is 3.88. The van der Waals surface area contributed by atoms with Crippen LogP contribution in [0.2, 0.25) is 0 Å². The molecule has 0 saturated carbocycles. The van der Waals surface area contributed by atoms with Gasteiger partial charge in [-0.2, -0.15) is 0 Å². The molecular weight excluding hydrogens is 462 g/mol. The summed E-state index contributed by atoms with van der Waals surface area (Å²) in [6, 6.07) is 23.1. The number of carbonyl (C=O) groups excluding carboxylic acids is 2. The number of esters is 1. The van der Waals surface area contributed by atoms with Gasteiger partial charge in [0.15, 0.2) is 5.11 Å². The van der Waals surface area contributed by atoms with Crippen molar-refractivity contribution in [3.8, 4) is 5.75 Å². The number of para-hydroxylation sites is 1. The Morgan fingerprint density at radius 3 is 2.20 bits per heavy atom. The molecule has 1 aliphatic heterocycles. The predicted octanol–water partition coefficient (Wildman–Crippen LogP) is 4.83. The number of benzene rings is 3. The van der Waals surface area contributed by atoms with Gasteiger partial charge in [0, 0.05) is 17.1 Å². The van der Waals surface area contributed by atoms with E-state index in [2.05, 4.69) is 10.6 Å². The number of hydrogen-bond donors (Lipinski definition) is 2. The molecule has 1 unspecified atom stereocenters. The number of nitrogens with one attached hydrogen (secondary N) is 2. The highest BCUT2D eigenvalue weighted by Gasteiger charge is 2.34. The van der Waals surface area contributed by atoms with E-state index in [1.807, 2.05) is 66.4 Å². The monoisotopic (exact) mass is 487 g/mol. The van der Waals surface area contributed by atoms with E-state index in [9.17, 15) is 9.59 Å². The summed E-state index contributed by atoms with van der Waals surface area (Å²) in [6.45, 7) is 1.87. The lowest BCUT2D eigenvalue weighted by Crippen LogP contribution is -2.48. The van der Waals surface area contributed by atoms with Crippen molar-refractivity contribution in [3.63, 3.8) is 0 Å². The molecule has 2 N–H and O–H groups in total. The van der Waals surface area contributed by atoms with E-state index in [4.69, 9.17) is 21.7 Å². The largest absolute Gasteiger partial charge is 0.497 e. The van der Waals surface area contributed by atoms with Crippen molar-refractivity contribution >= 4 is 40.6 Å². The molecule has 0 spiro atoms. The first-order chi connectivity index (χ1) is 16.9. The van der Waals surface area contributed by atoms with Crippen LogP contribution in [0.1, 0.15) is 28.9 Å². The SMILES string of the molecule is COC(=O)c1ccc(C2NC(=S)N(c3ccc(OC)cc3)C(C)=C2C(=O)Nc2ccccc2)cc1. The van der Waals surface area contributed by atoms with Crippen LogP contribution in [0.15, 0.2) is 90.1 Å². The van der Waals surface area contributed by atoms with Crippen molar-refractivity contribution in [3.05, 3.63) is 101 Å². The van der Waals surface area contributed by atoms with Gasteiger partial charge in [0.1, 0.15) is 5.75 Å². The topological polar surface area (TPSA) is 79.9 Å². The highest BCUT2D eigenvalue weighted by Crippen LogP contribution is 2.35. The molecule has 3 aromatic carbocycles. The fourth-order valence-corrected chi connectivity index (χ4v) is 4.34. The van der Waals surface area contributed by atoms with Gasteiger partial charge in [-0.25, -0.2) is 4.79 Å². The maximum atomic E-state index is 13.6. The molecule has 1 heterocycles. The number of nitrogens with zero attached hydrogens (tertiary/aromatic N) is 1. The molecule has 1 aliphatic rings. The molecule has 0 aromatic heterocycles. The molecule has 0 aliphatic carbocycles. The van der Waals surface area contributed by atoms with Crippen LogP contribution in [0.5, 0.6) is 5.75 Å². The molecule has 8 heteroatoms. The first-order valence-electron chi connectivity index (χ1n) is 10.9. The van der Waals surface area contributed by atoms with Crippen LogP contribution in [0, 0.1) is 0 Å². The van der Waals surface area contributed by atoms with Crippen LogP contribution >= 0.6 is 12.2 Å². The van der Waals surface area contributed by atoms with Gasteiger partial charge in [-0.05, 0) is 73.2 Å². The predicted molar refractivity (Wildman–Crippen MR) is 140 cm³/mol. The zero-order chi connectivity index (χ0) is 24.9. The minimum absolute atomic E-state index is 0.260. The average molecular weight is 488 g/mol. The highest BCUT2D eigenvalue weighted by molar-refractivity contribution is 7.80. The second kappa shape index (κ2) is 10.4. The number of rotatable bonds is 6. The molecule has 0 bridgehead atoms. The van der Waals surface area contributed by atoms with Gasteiger partial charge in [0.2, 0.25) is 0 Å². The Morgan fingerprint density at radius 1 is 0.943 bits per heavy atom. The van der Waals surface area contributed by atoms with Gasteiger partial charge >= 0.3 is 5.97 Å². The molecule has 3 aromatic rings. The first kappa shape index (κ1) is 24.0. The molecule has 35 heavy (non-hydrogen) atoms. The lowest BCUT2D eigenvalue weighted by molar-refractivity contribution is -0.113. The van der Waals surface area contributed by atoms with E-state index in [0.717, 1.165) is 17.0 Å². The number of thiocarbonyl (C=S) groups is 1. The van der Waals surface area contributed by atoms with Crippen LogP contribution in [0.4, 0.5) is 11.4 Å². The van der Waals surface area contributed by atoms with Crippen LogP contribution in [0.25, 0.3) is 0 Å². The summed E-state index contributed by atoms with van der Waals surface area (Å²) in [5.74, 6) is 0.0317. The van der Waals surface area contributed by atoms with Crippen LogP contribution in [-0.4, -0.2) is 31.2 Å². The minimum atomic E-state index is -0.521. The summed E-state index contributed by atoms with van der Waals surface area (Å²) in [7, 11) is 2.94. The van der Waals surface area contributed by atoms with E-state index in [1.165, 1.54) is 7.11 Å². The van der Waals surface area contributed by atoms with E-state index in [1.54, 1.807) is 31.4 Å². The number of hydrogen-bond acceptors (Lipinski definition) is 5. The molecule has 0 radical (unpaired) electrons. The van der Waals surface area contributed by atoms with Crippen LogP contribution < -0.4 is 20.3 Å². The fourth-order valence-electron chi connectivity index (χ4n) is 3.98. The Morgan fingerprint density at radius 2 is 1.60 bits per heavy atom. The van der Waals surface area contributed by atoms with Crippen molar-refractivity contribution in [2.24, 2.45) is 0 Å². The quantitative estimate of drug-likeness (QED) is 0.381. The zero-order valence-corrected chi connectivity index (χ0v) is 20.4. The molecular formula is C27H25N3O4S. The van der Waals surface area contributed by atoms with E-state index in [-0.39, 0.29) is 5.91 Å². The van der Waals surface area contributed by atoms with Gasteiger partial charge in [-0.15, -0.1) is 0 Å². The number of methoxy groups -OCH3 is 2. The van der Waals surface area contributed by atoms with Gasteiger partial charge in [0.25, 0.3) is 5.91 Å². The van der Waals surface area contributed by atoms with Crippen molar-refractivity contribution in [2.45, 2.75) is 13.0 Å². The number of anilines is 2. The molecule has 4 rings (SSSR count). The molecule has 178 valence electrons. The molecule has 1 amide bonds. The summed E-state index contributed by atoms with van der Waals surface area (Å²) in [5, 5.41) is 6.75. The Labute approximate surface area is 209 Å². The Balaban J connectivity index is 1.77. The van der Waals surface area contributed by atoms with Gasteiger partial charge in [-0.1, -0.05) is 30.3 Å². The fraction of sp³-hybridized carbons (Fsp3) is 0.148. The third-order valence-electron chi connectivity index (χ3n) is 5.76. The van der Waals surface area contributed by atoms with Gasteiger partial charge in [-0.3, -0.25) is 9.69 Å². The highest BCUT2D eigenvalue weighted by atomic mass is 32.1. The zero-order valence-electron chi connectivity index (χ0n) is 19.6. The van der Waals surface area contributed by atoms with E-state index < -0.39 is 12.0 Å². The van der Waals surface area contributed by atoms with Crippen molar-refractivity contribution < 1.29 is 19.1 Å². The average Bonchev–Trinajstić information content (AvgIpc) is 2.89. The summed E-state index contributed by atoms with van der Waals surface area (Å²) in [4.78, 5) is 27.3. The summed E-state index contributed by atoms with van der Waals surface area (Å²) < 4.78 is 10.1. The van der Waals surface area contributed by atoms with Gasteiger partial charge < -0.3 is 20.1 Å². The summed E-state index contributed by atoms with van der Waals surface area (Å²) in [6.07, 6.45) is 0. The standard InChI is InChI=1S/C27H25N3O4S/c1-17-23(25(31)28-20-7-5-4-6-8-20)24(18-9-11-19(12-10-18)26(32)34-3)29-27(35)30(17)21-13-15-22(33-2)16-14-21/h4-16,24H,1-3H3,(H,28,31)(H,29,35). The molecule has 7 nitrogen and oxygen atoms in total. The van der Waals surface area contributed by atoms with E-state index in [0.29, 0.717) is 27.6 Å². The lowest BCUT2D eigenvalue weighted by atomic mass is 9.93. The molecule has 0 saturated heterocycles. The first-order valence-corrected chi connectivity index (χ1v) is 11.3. The number of amides is 1. The van der Waals surface area contributed by atoms with Gasteiger partial charge in [0.05, 0.1) is 31.4 Å². The second-order valence-corrected chi connectivity index (χ2v) is 8.24. The van der Waals surface area contributed by atoms with Crippen LogP contribution in [-0.2, 0) is 9.53 Å². The van der Waals surface area contributed by atoms with Crippen molar-refractivity contribution in [1.29, 1.82) is 0 Å². The number of allylic oxidation sites excluding steroid dienone is 1. The Hall–Kier alpha value is -4.17. The minimum Gasteiger partial charge on any atom is -0.497 e. The Bertz CT molecular complexity index is 1270. The van der Waals surface area contributed by atoms with E-state index >= 15 is 0 Å². The Kier molecular flexibility index (Phi) is 7.12. The number of carbonyl (C=O) groups is 2.